The molecule has 0 unspecified atom stereocenters. The Balaban J connectivity index is 1.89. The molecule has 6 nitrogen and oxygen atoms in total. The topological polar surface area (TPSA) is 70.0 Å². The van der Waals surface area contributed by atoms with Crippen molar-refractivity contribution in [3.05, 3.63) is 88.1 Å². The minimum Gasteiger partial charge on any atom is -0.842 e. The van der Waals surface area contributed by atoms with Crippen molar-refractivity contribution in [2.45, 2.75) is 13.0 Å². The lowest BCUT2D eigenvalue weighted by atomic mass is 9.99. The van der Waals surface area contributed by atoms with E-state index in [0.717, 1.165) is 0 Å². The Kier molecular flexibility index (Phi) is 6.18. The molecule has 2 aromatic heterocycles. The SMILES string of the molecule is CON=CCC[n+]1c([O-])c(-c2cccc(-c3ccc(Cl)cc3F)c2)c(=O)n2ccccc21. The van der Waals surface area contributed by atoms with Crippen molar-refractivity contribution in [3.63, 3.8) is 0 Å². The van der Waals surface area contributed by atoms with Gasteiger partial charge >= 0.3 is 5.56 Å². The van der Waals surface area contributed by atoms with E-state index in [1.54, 1.807) is 67.0 Å². The van der Waals surface area contributed by atoms with Crippen molar-refractivity contribution < 1.29 is 18.9 Å². The quantitative estimate of drug-likeness (QED) is 0.254. The number of nitrogens with zero attached hydrogens (tertiary/aromatic N) is 3. The van der Waals surface area contributed by atoms with Crippen LogP contribution in [0.2, 0.25) is 5.02 Å². The minimum absolute atomic E-state index is 0.00796. The summed E-state index contributed by atoms with van der Waals surface area (Å²) >= 11 is 5.86. The summed E-state index contributed by atoms with van der Waals surface area (Å²) in [6.07, 6.45) is 3.61. The van der Waals surface area contributed by atoms with E-state index in [4.69, 9.17) is 11.6 Å². The Bertz CT molecular complexity index is 1390. The summed E-state index contributed by atoms with van der Waals surface area (Å²) < 4.78 is 17.4. The summed E-state index contributed by atoms with van der Waals surface area (Å²) in [5.41, 5.74) is 1.30. The highest BCUT2D eigenvalue weighted by Gasteiger charge is 2.20. The van der Waals surface area contributed by atoms with Gasteiger partial charge in [0.25, 0.3) is 5.65 Å². The number of benzene rings is 2. The van der Waals surface area contributed by atoms with Crippen molar-refractivity contribution >= 4 is 23.5 Å². The van der Waals surface area contributed by atoms with Gasteiger partial charge in [-0.1, -0.05) is 41.0 Å². The summed E-state index contributed by atoms with van der Waals surface area (Å²) in [5.74, 6) is -0.916. The van der Waals surface area contributed by atoms with Gasteiger partial charge in [-0.15, -0.1) is 0 Å². The molecule has 0 spiro atoms. The van der Waals surface area contributed by atoms with Crippen LogP contribution in [0.15, 0.2) is 76.8 Å². The van der Waals surface area contributed by atoms with Crippen molar-refractivity contribution in [2.24, 2.45) is 5.16 Å². The standard InChI is InChI=1S/C24H19ClFN3O3/c1-32-27-11-5-13-29-21-8-2-3-12-28(21)23(30)22(24(29)31)17-7-4-6-16(14-17)19-10-9-18(25)15-20(19)26/h2-4,6-12,14-15H,5,13H2,1H3. The maximum absolute atomic E-state index is 14.5. The predicted molar refractivity (Wildman–Crippen MR) is 119 cm³/mol. The maximum Gasteiger partial charge on any atom is 0.349 e. The molecule has 0 saturated heterocycles. The molecule has 0 amide bonds. The molecule has 0 aliphatic rings. The van der Waals surface area contributed by atoms with Crippen LogP contribution in [-0.2, 0) is 11.4 Å². The van der Waals surface area contributed by atoms with Crippen molar-refractivity contribution in [2.75, 3.05) is 7.11 Å². The fourth-order valence-corrected chi connectivity index (χ4v) is 3.78. The van der Waals surface area contributed by atoms with Gasteiger partial charge < -0.3 is 9.94 Å². The highest BCUT2D eigenvalue weighted by molar-refractivity contribution is 6.30. The van der Waals surface area contributed by atoms with E-state index in [1.807, 2.05) is 0 Å². The van der Waals surface area contributed by atoms with Gasteiger partial charge in [-0.3, -0.25) is 0 Å². The number of rotatable bonds is 6. The van der Waals surface area contributed by atoms with E-state index in [0.29, 0.717) is 35.3 Å². The first-order chi connectivity index (χ1) is 15.5. The molecule has 4 rings (SSSR count). The zero-order chi connectivity index (χ0) is 22.7. The first-order valence-electron chi connectivity index (χ1n) is 9.86. The molecule has 0 bridgehead atoms. The highest BCUT2D eigenvalue weighted by Crippen LogP contribution is 2.30. The fourth-order valence-electron chi connectivity index (χ4n) is 3.62. The molecule has 0 radical (unpaired) electrons. The lowest BCUT2D eigenvalue weighted by Crippen LogP contribution is -2.44. The van der Waals surface area contributed by atoms with E-state index < -0.39 is 17.3 Å². The van der Waals surface area contributed by atoms with Crippen LogP contribution in [0.1, 0.15) is 6.42 Å². The monoisotopic (exact) mass is 451 g/mol. The van der Waals surface area contributed by atoms with Gasteiger partial charge in [0.2, 0.25) is 0 Å². The van der Waals surface area contributed by atoms with Crippen molar-refractivity contribution in [3.8, 4) is 28.1 Å². The highest BCUT2D eigenvalue weighted by atomic mass is 35.5. The zero-order valence-corrected chi connectivity index (χ0v) is 17.9. The minimum atomic E-state index is -0.486. The van der Waals surface area contributed by atoms with E-state index in [1.165, 1.54) is 22.1 Å². The van der Waals surface area contributed by atoms with Gasteiger partial charge in [-0.2, -0.15) is 4.40 Å². The molecule has 0 N–H and O–H groups in total. The Labute approximate surface area is 188 Å². The number of hydrogen-bond donors (Lipinski definition) is 0. The Hall–Kier alpha value is -3.71. The molecule has 0 fully saturated rings. The molecule has 2 heterocycles. The van der Waals surface area contributed by atoms with Gasteiger partial charge in [0, 0.05) is 29.3 Å². The summed E-state index contributed by atoms with van der Waals surface area (Å²) in [4.78, 5) is 17.9. The molecule has 0 aliphatic heterocycles. The lowest BCUT2D eigenvalue weighted by Gasteiger charge is -2.17. The number of aryl methyl sites for hydroxylation is 1. The van der Waals surface area contributed by atoms with Crippen LogP contribution in [0.3, 0.4) is 0 Å². The Morgan fingerprint density at radius 2 is 1.97 bits per heavy atom. The normalized spacial score (nSPS) is 11.3. The average molecular weight is 452 g/mol. The van der Waals surface area contributed by atoms with Crippen LogP contribution in [0.25, 0.3) is 27.9 Å². The molecule has 162 valence electrons. The molecule has 32 heavy (non-hydrogen) atoms. The van der Waals surface area contributed by atoms with Crippen LogP contribution in [0.4, 0.5) is 4.39 Å². The summed E-state index contributed by atoms with van der Waals surface area (Å²) in [6.45, 7) is 0.304. The van der Waals surface area contributed by atoms with Crippen LogP contribution in [-0.4, -0.2) is 17.7 Å². The number of fused-ring (bicyclic) bond motifs is 1. The van der Waals surface area contributed by atoms with E-state index in [2.05, 4.69) is 9.99 Å². The second kappa shape index (κ2) is 9.20. The largest absolute Gasteiger partial charge is 0.842 e. The second-order valence-corrected chi connectivity index (χ2v) is 7.47. The smallest absolute Gasteiger partial charge is 0.349 e. The number of aromatic nitrogens is 2. The van der Waals surface area contributed by atoms with Gasteiger partial charge in [0.15, 0.2) is 0 Å². The summed E-state index contributed by atoms with van der Waals surface area (Å²) in [7, 11) is 1.44. The number of halogens is 2. The van der Waals surface area contributed by atoms with Crippen LogP contribution >= 0.6 is 11.6 Å². The second-order valence-electron chi connectivity index (χ2n) is 7.03. The lowest BCUT2D eigenvalue weighted by molar-refractivity contribution is -0.714. The molecule has 0 atom stereocenters. The first kappa shape index (κ1) is 21.5. The Morgan fingerprint density at radius 1 is 1.16 bits per heavy atom. The third-order valence-corrected chi connectivity index (χ3v) is 5.30. The number of hydrogen-bond acceptors (Lipinski definition) is 4. The number of oxime groups is 1. The van der Waals surface area contributed by atoms with Crippen molar-refractivity contribution in [1.82, 2.24) is 4.40 Å². The first-order valence-corrected chi connectivity index (χ1v) is 10.2. The van der Waals surface area contributed by atoms with Crippen LogP contribution in [0, 0.1) is 5.82 Å². The Morgan fingerprint density at radius 3 is 2.75 bits per heavy atom. The number of pyridine rings is 1. The van der Waals surface area contributed by atoms with E-state index in [-0.39, 0.29) is 10.6 Å². The van der Waals surface area contributed by atoms with Gasteiger partial charge in [0.1, 0.15) is 18.5 Å². The average Bonchev–Trinajstić information content (AvgIpc) is 2.79. The zero-order valence-electron chi connectivity index (χ0n) is 17.2. The molecular weight excluding hydrogens is 433 g/mol. The summed E-state index contributed by atoms with van der Waals surface area (Å²) in [5, 5.41) is 17.4. The van der Waals surface area contributed by atoms with E-state index in [9.17, 15) is 14.3 Å². The molecular formula is C24H19ClFN3O3. The third kappa shape index (κ3) is 4.07. The molecule has 8 heteroatoms. The van der Waals surface area contributed by atoms with Gasteiger partial charge in [0.05, 0.1) is 18.6 Å². The third-order valence-electron chi connectivity index (χ3n) is 5.06. The maximum atomic E-state index is 14.5. The van der Waals surface area contributed by atoms with Crippen LogP contribution in [0.5, 0.6) is 5.88 Å². The van der Waals surface area contributed by atoms with Crippen molar-refractivity contribution in [1.29, 1.82) is 0 Å². The van der Waals surface area contributed by atoms with Gasteiger partial charge in [-0.05, 0) is 41.5 Å². The molecule has 2 aromatic carbocycles. The molecule has 4 aromatic rings. The fraction of sp³-hybridized carbons (Fsp3) is 0.125. The molecule has 0 saturated carbocycles. The van der Waals surface area contributed by atoms with E-state index >= 15 is 0 Å². The molecule has 0 aliphatic carbocycles. The summed E-state index contributed by atoms with van der Waals surface area (Å²) in [6, 6.07) is 16.3. The predicted octanol–water partition coefficient (Wildman–Crippen LogP) is 3.81. The van der Waals surface area contributed by atoms with Gasteiger partial charge in [-0.25, -0.2) is 13.8 Å². The van der Waals surface area contributed by atoms with Crippen LogP contribution < -0.4 is 15.2 Å².